The van der Waals surface area contributed by atoms with Crippen molar-refractivity contribution >= 4 is 17.6 Å². The first-order valence-corrected chi connectivity index (χ1v) is 7.26. The maximum atomic E-state index is 12.1. The third-order valence-electron chi connectivity index (χ3n) is 3.66. The molecule has 1 atom stereocenters. The van der Waals surface area contributed by atoms with Crippen molar-refractivity contribution in [3.63, 3.8) is 0 Å². The van der Waals surface area contributed by atoms with Crippen LogP contribution in [0.4, 0.5) is 5.69 Å². The second-order valence-corrected chi connectivity index (χ2v) is 5.22. The molecular formula is C15H18N2O6. The van der Waals surface area contributed by atoms with Crippen molar-refractivity contribution in [2.24, 2.45) is 0 Å². The summed E-state index contributed by atoms with van der Waals surface area (Å²) in [5, 5.41) is 11.0. The number of nitro groups is 1. The molecule has 0 saturated carbocycles. The molecule has 1 aromatic rings. The summed E-state index contributed by atoms with van der Waals surface area (Å²) < 4.78 is 10.00. The van der Waals surface area contributed by atoms with Crippen LogP contribution in [0.5, 0.6) is 5.75 Å². The van der Waals surface area contributed by atoms with Gasteiger partial charge < -0.3 is 14.4 Å². The van der Waals surface area contributed by atoms with Crippen molar-refractivity contribution in [1.29, 1.82) is 0 Å². The number of likely N-dealkylation sites (tertiary alicyclic amines) is 1. The Labute approximate surface area is 133 Å². The maximum Gasteiger partial charge on any atom is 0.339 e. The minimum atomic E-state index is -0.929. The van der Waals surface area contributed by atoms with E-state index in [0.717, 1.165) is 18.9 Å². The van der Waals surface area contributed by atoms with Crippen molar-refractivity contribution < 1.29 is 24.0 Å². The lowest BCUT2D eigenvalue weighted by atomic mass is 10.2. The standard InChI is InChI=1S/C15H18N2O6/c1-10(14(18)16-7-3-4-8-16)23-15(19)11-5-6-13(22-2)12(9-11)17(20)21/h5-6,9-10H,3-4,7-8H2,1-2H3. The molecule has 1 heterocycles. The highest BCUT2D eigenvalue weighted by molar-refractivity contribution is 5.93. The molecule has 0 aliphatic carbocycles. The summed E-state index contributed by atoms with van der Waals surface area (Å²) in [5.74, 6) is -0.984. The quantitative estimate of drug-likeness (QED) is 0.465. The number of ether oxygens (including phenoxy) is 2. The van der Waals surface area contributed by atoms with Gasteiger partial charge in [0.1, 0.15) is 0 Å². The molecule has 0 N–H and O–H groups in total. The first kappa shape index (κ1) is 16.7. The molecule has 0 spiro atoms. The zero-order valence-corrected chi connectivity index (χ0v) is 13.0. The summed E-state index contributed by atoms with van der Waals surface area (Å²) in [4.78, 5) is 36.2. The van der Waals surface area contributed by atoms with Crippen LogP contribution in [0.25, 0.3) is 0 Å². The Morgan fingerprint density at radius 3 is 2.52 bits per heavy atom. The van der Waals surface area contributed by atoms with Crippen LogP contribution in [0.15, 0.2) is 18.2 Å². The van der Waals surface area contributed by atoms with Crippen LogP contribution in [-0.2, 0) is 9.53 Å². The zero-order chi connectivity index (χ0) is 17.0. The van der Waals surface area contributed by atoms with Crippen molar-refractivity contribution in [3.8, 4) is 5.75 Å². The molecular weight excluding hydrogens is 304 g/mol. The van der Waals surface area contributed by atoms with E-state index in [0.29, 0.717) is 13.1 Å². The third-order valence-corrected chi connectivity index (χ3v) is 3.66. The minimum absolute atomic E-state index is 0.00132. The van der Waals surface area contributed by atoms with Gasteiger partial charge in [-0.15, -0.1) is 0 Å². The van der Waals surface area contributed by atoms with E-state index in [4.69, 9.17) is 9.47 Å². The fourth-order valence-electron chi connectivity index (χ4n) is 2.43. The molecule has 8 heteroatoms. The molecule has 1 amide bonds. The van der Waals surface area contributed by atoms with Crippen molar-refractivity contribution in [1.82, 2.24) is 4.90 Å². The number of esters is 1. The first-order chi connectivity index (χ1) is 10.9. The van der Waals surface area contributed by atoms with Crippen LogP contribution < -0.4 is 4.74 Å². The van der Waals surface area contributed by atoms with Gasteiger partial charge in [0.15, 0.2) is 11.9 Å². The number of nitro benzene ring substituents is 1. The number of nitrogens with zero attached hydrogens (tertiary/aromatic N) is 2. The number of hydrogen-bond donors (Lipinski definition) is 0. The number of rotatable bonds is 5. The van der Waals surface area contributed by atoms with Gasteiger partial charge in [-0.1, -0.05) is 0 Å². The van der Waals surface area contributed by atoms with E-state index in [2.05, 4.69) is 0 Å². The molecule has 0 radical (unpaired) electrons. The topological polar surface area (TPSA) is 99.0 Å². The maximum absolute atomic E-state index is 12.1. The van der Waals surface area contributed by atoms with Crippen LogP contribution in [-0.4, -0.2) is 48.0 Å². The van der Waals surface area contributed by atoms with Crippen molar-refractivity contribution in [2.75, 3.05) is 20.2 Å². The Bertz CT molecular complexity index is 624. The monoisotopic (exact) mass is 322 g/mol. The number of methoxy groups -OCH3 is 1. The number of carbonyl (C=O) groups is 2. The second-order valence-electron chi connectivity index (χ2n) is 5.22. The lowest BCUT2D eigenvalue weighted by molar-refractivity contribution is -0.385. The number of hydrogen-bond acceptors (Lipinski definition) is 6. The SMILES string of the molecule is COc1ccc(C(=O)OC(C)C(=O)N2CCCC2)cc1[N+](=O)[O-]. The van der Waals surface area contributed by atoms with Crippen molar-refractivity contribution in [2.45, 2.75) is 25.9 Å². The van der Waals surface area contributed by atoms with Crippen LogP contribution in [0.3, 0.4) is 0 Å². The first-order valence-electron chi connectivity index (χ1n) is 7.26. The Morgan fingerprint density at radius 2 is 1.96 bits per heavy atom. The summed E-state index contributed by atoms with van der Waals surface area (Å²) >= 11 is 0. The van der Waals surface area contributed by atoms with Gasteiger partial charge in [-0.3, -0.25) is 14.9 Å². The molecule has 1 fully saturated rings. The lowest BCUT2D eigenvalue weighted by Gasteiger charge is -2.20. The molecule has 124 valence electrons. The zero-order valence-electron chi connectivity index (χ0n) is 13.0. The largest absolute Gasteiger partial charge is 0.490 e. The van der Waals surface area contributed by atoms with Gasteiger partial charge in [0, 0.05) is 19.2 Å². The fraction of sp³-hybridized carbons (Fsp3) is 0.467. The molecule has 0 aromatic heterocycles. The van der Waals surface area contributed by atoms with E-state index in [1.807, 2.05) is 0 Å². The summed E-state index contributed by atoms with van der Waals surface area (Å²) in [5.41, 5.74) is -0.334. The normalized spacial score (nSPS) is 15.1. The van der Waals surface area contributed by atoms with E-state index in [1.54, 1.807) is 4.90 Å². The van der Waals surface area contributed by atoms with Gasteiger partial charge in [-0.05, 0) is 31.9 Å². The van der Waals surface area contributed by atoms with E-state index in [9.17, 15) is 19.7 Å². The van der Waals surface area contributed by atoms with E-state index >= 15 is 0 Å². The average Bonchev–Trinajstić information content (AvgIpc) is 3.07. The summed E-state index contributed by atoms with van der Waals surface area (Å²) in [7, 11) is 1.30. The summed E-state index contributed by atoms with van der Waals surface area (Å²) in [6.45, 7) is 2.82. The van der Waals surface area contributed by atoms with Crippen LogP contribution in [0.1, 0.15) is 30.1 Å². The highest BCUT2D eigenvalue weighted by atomic mass is 16.6. The molecule has 8 nitrogen and oxygen atoms in total. The van der Waals surface area contributed by atoms with Gasteiger partial charge >= 0.3 is 11.7 Å². The molecule has 1 saturated heterocycles. The van der Waals surface area contributed by atoms with Crippen LogP contribution in [0.2, 0.25) is 0 Å². The second kappa shape index (κ2) is 7.08. The Hall–Kier alpha value is -2.64. The van der Waals surface area contributed by atoms with E-state index in [1.165, 1.54) is 26.2 Å². The molecule has 23 heavy (non-hydrogen) atoms. The predicted molar refractivity (Wildman–Crippen MR) is 80.3 cm³/mol. The summed E-state index contributed by atoms with van der Waals surface area (Å²) in [6, 6.07) is 3.76. The highest BCUT2D eigenvalue weighted by Gasteiger charge is 2.27. The van der Waals surface area contributed by atoms with Gasteiger partial charge in [0.25, 0.3) is 5.91 Å². The minimum Gasteiger partial charge on any atom is -0.490 e. The molecule has 1 aliphatic heterocycles. The van der Waals surface area contributed by atoms with E-state index < -0.39 is 17.0 Å². The molecule has 1 aromatic carbocycles. The Balaban J connectivity index is 2.09. The highest BCUT2D eigenvalue weighted by Crippen LogP contribution is 2.28. The smallest absolute Gasteiger partial charge is 0.339 e. The molecule has 2 rings (SSSR count). The Kier molecular flexibility index (Phi) is 5.15. The Morgan fingerprint density at radius 1 is 1.30 bits per heavy atom. The van der Waals surface area contributed by atoms with Gasteiger partial charge in [-0.2, -0.15) is 0 Å². The third kappa shape index (κ3) is 3.77. The average molecular weight is 322 g/mol. The molecule has 0 bridgehead atoms. The number of benzene rings is 1. The van der Waals surface area contributed by atoms with E-state index in [-0.39, 0.29) is 22.9 Å². The fourth-order valence-corrected chi connectivity index (χ4v) is 2.43. The lowest BCUT2D eigenvalue weighted by Crippen LogP contribution is -2.38. The van der Waals surface area contributed by atoms with Gasteiger partial charge in [0.2, 0.25) is 0 Å². The number of carbonyl (C=O) groups excluding carboxylic acids is 2. The summed E-state index contributed by atoms with van der Waals surface area (Å²) in [6.07, 6.45) is 0.954. The van der Waals surface area contributed by atoms with Crippen LogP contribution >= 0.6 is 0 Å². The van der Waals surface area contributed by atoms with Gasteiger partial charge in [-0.25, -0.2) is 4.79 Å². The van der Waals surface area contributed by atoms with Crippen LogP contribution in [0, 0.1) is 10.1 Å². The van der Waals surface area contributed by atoms with Crippen molar-refractivity contribution in [3.05, 3.63) is 33.9 Å². The number of amides is 1. The predicted octanol–water partition coefficient (Wildman–Crippen LogP) is 1.77. The molecule has 1 aliphatic rings. The van der Waals surface area contributed by atoms with Gasteiger partial charge in [0.05, 0.1) is 17.6 Å². The molecule has 1 unspecified atom stereocenters.